The highest BCUT2D eigenvalue weighted by Gasteiger charge is 2.27. The van der Waals surface area contributed by atoms with Crippen LogP contribution in [0.15, 0.2) is 18.2 Å². The minimum absolute atomic E-state index is 0.0107. The number of likely N-dealkylation sites (N-methyl/N-ethyl adjacent to an activating group) is 1. The van der Waals surface area contributed by atoms with Gasteiger partial charge in [0.2, 0.25) is 11.8 Å². The summed E-state index contributed by atoms with van der Waals surface area (Å²) in [6.45, 7) is 4.04. The van der Waals surface area contributed by atoms with Crippen molar-refractivity contribution < 1.29 is 9.59 Å². The summed E-state index contributed by atoms with van der Waals surface area (Å²) in [5.41, 5.74) is 8.99. The van der Waals surface area contributed by atoms with Crippen molar-refractivity contribution in [2.75, 3.05) is 18.9 Å². The summed E-state index contributed by atoms with van der Waals surface area (Å²) in [6, 6.07) is 5.91. The SMILES string of the molecule is Cc1cccc(NC(=O)CN(C)C(=O)C[C@@H]2CCC[C@H]2N)c1C. The van der Waals surface area contributed by atoms with E-state index >= 15 is 0 Å². The maximum absolute atomic E-state index is 12.2. The molecule has 1 fully saturated rings. The number of hydrogen-bond donors (Lipinski definition) is 2. The number of anilines is 1. The minimum Gasteiger partial charge on any atom is -0.336 e. The van der Waals surface area contributed by atoms with E-state index in [9.17, 15) is 9.59 Å². The Balaban J connectivity index is 1.86. The fourth-order valence-corrected chi connectivity index (χ4v) is 3.08. The second-order valence-electron chi connectivity index (χ2n) is 6.60. The zero-order valence-electron chi connectivity index (χ0n) is 14.3. The van der Waals surface area contributed by atoms with E-state index in [-0.39, 0.29) is 30.3 Å². The molecular formula is C18H27N3O2. The minimum atomic E-state index is -0.176. The second-order valence-corrected chi connectivity index (χ2v) is 6.60. The van der Waals surface area contributed by atoms with Crippen LogP contribution in [0.4, 0.5) is 5.69 Å². The Hall–Kier alpha value is -1.88. The monoisotopic (exact) mass is 317 g/mol. The van der Waals surface area contributed by atoms with E-state index in [0.717, 1.165) is 36.1 Å². The summed E-state index contributed by atoms with van der Waals surface area (Å²) in [4.78, 5) is 25.9. The molecule has 0 bridgehead atoms. The first-order valence-corrected chi connectivity index (χ1v) is 8.24. The predicted octanol–water partition coefficient (Wildman–Crippen LogP) is 2.22. The van der Waals surface area contributed by atoms with Crippen molar-refractivity contribution in [3.63, 3.8) is 0 Å². The van der Waals surface area contributed by atoms with Crippen molar-refractivity contribution in [2.45, 2.75) is 45.6 Å². The molecule has 0 aromatic heterocycles. The molecule has 2 rings (SSSR count). The molecule has 0 heterocycles. The van der Waals surface area contributed by atoms with E-state index < -0.39 is 0 Å². The fourth-order valence-electron chi connectivity index (χ4n) is 3.08. The lowest BCUT2D eigenvalue weighted by molar-refractivity contribution is -0.134. The Labute approximate surface area is 138 Å². The molecule has 5 nitrogen and oxygen atoms in total. The summed E-state index contributed by atoms with van der Waals surface area (Å²) in [6.07, 6.45) is 3.54. The first kappa shape index (κ1) is 17.5. The molecule has 5 heteroatoms. The van der Waals surface area contributed by atoms with Gasteiger partial charge in [-0.1, -0.05) is 18.6 Å². The lowest BCUT2D eigenvalue weighted by atomic mass is 9.99. The number of benzene rings is 1. The Morgan fingerprint density at radius 2 is 2.04 bits per heavy atom. The van der Waals surface area contributed by atoms with Crippen molar-refractivity contribution in [1.82, 2.24) is 4.90 Å². The fraction of sp³-hybridized carbons (Fsp3) is 0.556. The molecule has 1 aliphatic carbocycles. The van der Waals surface area contributed by atoms with Gasteiger partial charge in [0.1, 0.15) is 0 Å². The van der Waals surface area contributed by atoms with Gasteiger partial charge in [-0.15, -0.1) is 0 Å². The highest BCUT2D eigenvalue weighted by Crippen LogP contribution is 2.27. The maximum Gasteiger partial charge on any atom is 0.243 e. The van der Waals surface area contributed by atoms with Crippen LogP contribution in [-0.4, -0.2) is 36.3 Å². The average molecular weight is 317 g/mol. The summed E-state index contributed by atoms with van der Waals surface area (Å²) < 4.78 is 0. The summed E-state index contributed by atoms with van der Waals surface area (Å²) >= 11 is 0. The molecule has 0 saturated heterocycles. The zero-order valence-corrected chi connectivity index (χ0v) is 14.3. The summed E-state index contributed by atoms with van der Waals surface area (Å²) in [7, 11) is 1.67. The lowest BCUT2D eigenvalue weighted by Gasteiger charge is -2.21. The number of carbonyl (C=O) groups is 2. The maximum atomic E-state index is 12.2. The Morgan fingerprint density at radius 1 is 1.30 bits per heavy atom. The zero-order chi connectivity index (χ0) is 17.0. The molecule has 0 unspecified atom stereocenters. The molecule has 1 aromatic carbocycles. The van der Waals surface area contributed by atoms with Crippen LogP contribution in [0.5, 0.6) is 0 Å². The third kappa shape index (κ3) is 4.55. The Morgan fingerprint density at radius 3 is 2.70 bits per heavy atom. The van der Waals surface area contributed by atoms with E-state index in [4.69, 9.17) is 5.73 Å². The van der Waals surface area contributed by atoms with Crippen LogP contribution in [0.1, 0.15) is 36.8 Å². The molecule has 1 aromatic rings. The molecule has 1 aliphatic rings. The van der Waals surface area contributed by atoms with E-state index in [1.165, 1.54) is 4.90 Å². The van der Waals surface area contributed by atoms with E-state index in [1.54, 1.807) is 7.05 Å². The van der Waals surface area contributed by atoms with Gasteiger partial charge in [-0.2, -0.15) is 0 Å². The first-order chi connectivity index (χ1) is 10.9. The highest BCUT2D eigenvalue weighted by atomic mass is 16.2. The quantitative estimate of drug-likeness (QED) is 0.874. The number of hydrogen-bond acceptors (Lipinski definition) is 3. The van der Waals surface area contributed by atoms with Crippen molar-refractivity contribution in [3.8, 4) is 0 Å². The van der Waals surface area contributed by atoms with Crippen molar-refractivity contribution in [2.24, 2.45) is 11.7 Å². The largest absolute Gasteiger partial charge is 0.336 e. The third-order valence-corrected chi connectivity index (χ3v) is 4.84. The topological polar surface area (TPSA) is 75.4 Å². The normalized spacial score (nSPS) is 20.3. The summed E-state index contributed by atoms with van der Waals surface area (Å²) in [5, 5.41) is 2.88. The number of nitrogens with zero attached hydrogens (tertiary/aromatic N) is 1. The van der Waals surface area contributed by atoms with Crippen molar-refractivity contribution >= 4 is 17.5 Å². The first-order valence-electron chi connectivity index (χ1n) is 8.24. The standard InChI is InChI=1S/C18H27N3O2/c1-12-6-4-9-16(13(12)2)20-17(22)11-21(3)18(23)10-14-7-5-8-15(14)19/h4,6,9,14-15H,5,7-8,10-11,19H2,1-3H3,(H,20,22)/t14-,15+/m0/s1. The Kier molecular flexibility index (Phi) is 5.77. The molecule has 2 atom stereocenters. The molecule has 2 amide bonds. The van der Waals surface area contributed by atoms with Gasteiger partial charge in [-0.25, -0.2) is 0 Å². The van der Waals surface area contributed by atoms with Crippen LogP contribution in [-0.2, 0) is 9.59 Å². The average Bonchev–Trinajstić information content (AvgIpc) is 2.89. The lowest BCUT2D eigenvalue weighted by Crippen LogP contribution is -2.37. The van der Waals surface area contributed by atoms with Crippen molar-refractivity contribution in [3.05, 3.63) is 29.3 Å². The van der Waals surface area contributed by atoms with Gasteiger partial charge in [-0.3, -0.25) is 9.59 Å². The third-order valence-electron chi connectivity index (χ3n) is 4.84. The van der Waals surface area contributed by atoms with Crippen LogP contribution in [0, 0.1) is 19.8 Å². The van der Waals surface area contributed by atoms with Gasteiger partial charge in [0.15, 0.2) is 0 Å². The molecule has 3 N–H and O–H groups in total. The van der Waals surface area contributed by atoms with Gasteiger partial charge in [0.25, 0.3) is 0 Å². The van der Waals surface area contributed by atoms with Crippen LogP contribution in [0.2, 0.25) is 0 Å². The van der Waals surface area contributed by atoms with Gasteiger partial charge >= 0.3 is 0 Å². The van der Waals surface area contributed by atoms with Gasteiger partial charge in [-0.05, 0) is 49.8 Å². The molecular weight excluding hydrogens is 290 g/mol. The second kappa shape index (κ2) is 7.59. The van der Waals surface area contributed by atoms with Gasteiger partial charge < -0.3 is 16.0 Å². The molecule has 0 radical (unpaired) electrons. The Bertz CT molecular complexity index is 586. The van der Waals surface area contributed by atoms with Gasteiger partial charge in [0.05, 0.1) is 6.54 Å². The number of aryl methyl sites for hydroxylation is 1. The number of amides is 2. The molecule has 0 aliphatic heterocycles. The van der Waals surface area contributed by atoms with E-state index in [0.29, 0.717) is 6.42 Å². The number of carbonyl (C=O) groups excluding carboxylic acids is 2. The smallest absolute Gasteiger partial charge is 0.243 e. The number of nitrogens with two attached hydrogens (primary N) is 1. The molecule has 0 spiro atoms. The highest BCUT2D eigenvalue weighted by molar-refractivity contribution is 5.95. The molecule has 126 valence electrons. The van der Waals surface area contributed by atoms with Crippen LogP contribution in [0.25, 0.3) is 0 Å². The van der Waals surface area contributed by atoms with E-state index in [2.05, 4.69) is 5.32 Å². The van der Waals surface area contributed by atoms with Crippen LogP contribution < -0.4 is 11.1 Å². The van der Waals surface area contributed by atoms with Crippen LogP contribution >= 0.6 is 0 Å². The summed E-state index contributed by atoms with van der Waals surface area (Å²) in [5.74, 6) is 0.0702. The van der Waals surface area contributed by atoms with E-state index in [1.807, 2.05) is 32.0 Å². The number of rotatable bonds is 5. The molecule has 23 heavy (non-hydrogen) atoms. The molecule has 1 saturated carbocycles. The van der Waals surface area contributed by atoms with Crippen molar-refractivity contribution in [1.29, 1.82) is 0 Å². The predicted molar refractivity (Wildman–Crippen MR) is 92.1 cm³/mol. The van der Waals surface area contributed by atoms with Crippen LogP contribution in [0.3, 0.4) is 0 Å². The van der Waals surface area contributed by atoms with Gasteiger partial charge in [0, 0.05) is 25.2 Å². The number of nitrogens with one attached hydrogen (secondary N) is 1.